The Morgan fingerprint density at radius 1 is 0.900 bits per heavy atom. The fourth-order valence-electron chi connectivity index (χ4n) is 4.08. The van der Waals surface area contributed by atoms with E-state index in [0.29, 0.717) is 6.10 Å². The Morgan fingerprint density at radius 3 is 2.05 bits per heavy atom. The van der Waals surface area contributed by atoms with Gasteiger partial charge in [-0.2, -0.15) is 0 Å². The van der Waals surface area contributed by atoms with E-state index in [0.717, 1.165) is 31.0 Å². The zero-order chi connectivity index (χ0) is 14.2. The largest absolute Gasteiger partial charge is 0.384 e. The summed E-state index contributed by atoms with van der Waals surface area (Å²) in [7, 11) is 1.83. The summed E-state index contributed by atoms with van der Waals surface area (Å²) < 4.78 is 11.2. The van der Waals surface area contributed by atoms with Crippen LogP contribution < -0.4 is 0 Å². The summed E-state index contributed by atoms with van der Waals surface area (Å²) >= 11 is 0. The molecular weight excluding hydrogens is 248 g/mol. The highest BCUT2D eigenvalue weighted by atomic mass is 16.5. The molecule has 0 saturated heterocycles. The summed E-state index contributed by atoms with van der Waals surface area (Å²) in [6.07, 6.45) is 15.7. The van der Waals surface area contributed by atoms with E-state index in [-0.39, 0.29) is 0 Å². The molecule has 116 valence electrons. The van der Waals surface area contributed by atoms with Crippen molar-refractivity contribution in [2.24, 2.45) is 17.8 Å². The van der Waals surface area contributed by atoms with Crippen molar-refractivity contribution < 1.29 is 9.47 Å². The van der Waals surface area contributed by atoms with Gasteiger partial charge in [-0.05, 0) is 76.0 Å². The molecule has 2 nitrogen and oxygen atoms in total. The predicted octanol–water partition coefficient (Wildman–Crippen LogP) is 4.59. The summed E-state index contributed by atoms with van der Waals surface area (Å²) in [6, 6.07) is 0. The van der Waals surface area contributed by atoms with Crippen molar-refractivity contribution in [3.8, 4) is 0 Å². The van der Waals surface area contributed by atoms with Crippen molar-refractivity contribution in [1.29, 1.82) is 0 Å². The monoisotopic (exact) mass is 280 g/mol. The van der Waals surface area contributed by atoms with Crippen LogP contribution in [0.1, 0.15) is 58.3 Å². The second-order valence-electron chi connectivity index (χ2n) is 6.68. The van der Waals surface area contributed by atoms with Gasteiger partial charge >= 0.3 is 0 Å². The standard InChI is InChI=1S/C18H32O2/c1-3-4-13-20-18-11-9-17(10-12-18)16-7-5-15(6-8-16)14-19-2/h3-4,15-18H,5-14H2,1-2H3. The molecule has 0 bridgehead atoms. The molecule has 0 atom stereocenters. The lowest BCUT2D eigenvalue weighted by atomic mass is 9.71. The van der Waals surface area contributed by atoms with Crippen LogP contribution in [0, 0.1) is 17.8 Å². The number of hydrogen-bond acceptors (Lipinski definition) is 2. The lowest BCUT2D eigenvalue weighted by Gasteiger charge is -2.37. The van der Waals surface area contributed by atoms with Crippen LogP contribution in [0.25, 0.3) is 0 Å². The second kappa shape index (κ2) is 8.84. The molecular formula is C18H32O2. The van der Waals surface area contributed by atoms with Crippen molar-refractivity contribution in [2.75, 3.05) is 20.3 Å². The van der Waals surface area contributed by atoms with Gasteiger partial charge in [0.05, 0.1) is 12.7 Å². The van der Waals surface area contributed by atoms with Gasteiger partial charge in [-0.25, -0.2) is 0 Å². The molecule has 0 aromatic heterocycles. The van der Waals surface area contributed by atoms with Crippen LogP contribution in [0.4, 0.5) is 0 Å². The molecule has 2 saturated carbocycles. The van der Waals surface area contributed by atoms with E-state index in [1.54, 1.807) is 0 Å². The fraction of sp³-hybridized carbons (Fsp3) is 0.889. The van der Waals surface area contributed by atoms with Crippen molar-refractivity contribution in [2.45, 2.75) is 64.4 Å². The lowest BCUT2D eigenvalue weighted by Crippen LogP contribution is -2.29. The Morgan fingerprint density at radius 2 is 1.50 bits per heavy atom. The van der Waals surface area contributed by atoms with Crippen LogP contribution in [0.15, 0.2) is 12.2 Å². The van der Waals surface area contributed by atoms with E-state index in [1.165, 1.54) is 51.4 Å². The molecule has 2 aliphatic rings. The van der Waals surface area contributed by atoms with Gasteiger partial charge in [0.25, 0.3) is 0 Å². The molecule has 0 unspecified atom stereocenters. The molecule has 2 heteroatoms. The van der Waals surface area contributed by atoms with E-state index >= 15 is 0 Å². The summed E-state index contributed by atoms with van der Waals surface area (Å²) in [4.78, 5) is 0. The fourth-order valence-corrected chi connectivity index (χ4v) is 4.08. The van der Waals surface area contributed by atoms with Crippen molar-refractivity contribution >= 4 is 0 Å². The molecule has 0 aromatic rings. The zero-order valence-corrected chi connectivity index (χ0v) is 13.4. The third-order valence-corrected chi connectivity index (χ3v) is 5.34. The van der Waals surface area contributed by atoms with Crippen LogP contribution in [0.3, 0.4) is 0 Å². The maximum atomic E-state index is 5.90. The topological polar surface area (TPSA) is 18.5 Å². The third-order valence-electron chi connectivity index (χ3n) is 5.34. The number of hydrogen-bond donors (Lipinski definition) is 0. The van der Waals surface area contributed by atoms with Gasteiger partial charge < -0.3 is 9.47 Å². The van der Waals surface area contributed by atoms with E-state index in [1.807, 2.05) is 7.11 Å². The Hall–Kier alpha value is -0.340. The first-order chi connectivity index (χ1) is 9.83. The van der Waals surface area contributed by atoms with Gasteiger partial charge in [-0.3, -0.25) is 0 Å². The van der Waals surface area contributed by atoms with Gasteiger partial charge in [-0.1, -0.05) is 12.2 Å². The van der Waals surface area contributed by atoms with E-state index in [9.17, 15) is 0 Å². The first kappa shape index (κ1) is 16.0. The summed E-state index contributed by atoms with van der Waals surface area (Å²) in [5, 5.41) is 0. The minimum atomic E-state index is 0.521. The lowest BCUT2D eigenvalue weighted by molar-refractivity contribution is 0.0188. The van der Waals surface area contributed by atoms with Crippen molar-refractivity contribution in [3.63, 3.8) is 0 Å². The van der Waals surface area contributed by atoms with Gasteiger partial charge in [0.15, 0.2) is 0 Å². The molecule has 0 amide bonds. The number of methoxy groups -OCH3 is 1. The highest BCUT2D eigenvalue weighted by molar-refractivity contribution is 4.83. The molecule has 0 spiro atoms. The molecule has 0 N–H and O–H groups in total. The number of ether oxygens (including phenoxy) is 2. The maximum absolute atomic E-state index is 5.90. The number of rotatable bonds is 6. The van der Waals surface area contributed by atoms with E-state index < -0.39 is 0 Å². The van der Waals surface area contributed by atoms with Gasteiger partial charge in [0.2, 0.25) is 0 Å². The van der Waals surface area contributed by atoms with Crippen LogP contribution in [-0.2, 0) is 9.47 Å². The molecule has 2 rings (SSSR count). The third kappa shape index (κ3) is 4.89. The normalized spacial score (nSPS) is 35.5. The predicted molar refractivity (Wildman–Crippen MR) is 83.8 cm³/mol. The Bertz CT molecular complexity index is 271. The van der Waals surface area contributed by atoms with Gasteiger partial charge in [0, 0.05) is 13.7 Å². The van der Waals surface area contributed by atoms with E-state index in [4.69, 9.17) is 9.47 Å². The molecule has 2 aliphatic carbocycles. The number of allylic oxidation sites excluding steroid dienone is 1. The zero-order valence-electron chi connectivity index (χ0n) is 13.4. The molecule has 0 heterocycles. The van der Waals surface area contributed by atoms with Crippen molar-refractivity contribution in [3.05, 3.63) is 12.2 Å². The van der Waals surface area contributed by atoms with Gasteiger partial charge in [0.1, 0.15) is 0 Å². The quantitative estimate of drug-likeness (QED) is 0.662. The summed E-state index contributed by atoms with van der Waals surface area (Å²) in [5.41, 5.74) is 0. The first-order valence-corrected chi connectivity index (χ1v) is 8.55. The Kier molecular flexibility index (Phi) is 7.09. The van der Waals surface area contributed by atoms with Crippen molar-refractivity contribution in [1.82, 2.24) is 0 Å². The van der Waals surface area contributed by atoms with E-state index in [2.05, 4.69) is 19.1 Å². The maximum Gasteiger partial charge on any atom is 0.0651 e. The Labute approximate surface area is 124 Å². The van der Waals surface area contributed by atoms with Gasteiger partial charge in [-0.15, -0.1) is 0 Å². The summed E-state index contributed by atoms with van der Waals surface area (Å²) in [5.74, 6) is 2.79. The minimum absolute atomic E-state index is 0.521. The van der Waals surface area contributed by atoms with Crippen LogP contribution in [-0.4, -0.2) is 26.4 Å². The molecule has 20 heavy (non-hydrogen) atoms. The van der Waals surface area contributed by atoms with Crippen LogP contribution in [0.5, 0.6) is 0 Å². The highest BCUT2D eigenvalue weighted by Gasteiger charge is 2.30. The smallest absolute Gasteiger partial charge is 0.0651 e. The van der Waals surface area contributed by atoms with Crippen LogP contribution in [0.2, 0.25) is 0 Å². The molecule has 0 aliphatic heterocycles. The average Bonchev–Trinajstić information content (AvgIpc) is 2.49. The highest BCUT2D eigenvalue weighted by Crippen LogP contribution is 2.40. The molecule has 0 radical (unpaired) electrons. The first-order valence-electron chi connectivity index (χ1n) is 8.55. The summed E-state index contributed by atoms with van der Waals surface area (Å²) in [6.45, 7) is 3.83. The second-order valence-corrected chi connectivity index (χ2v) is 6.68. The minimum Gasteiger partial charge on any atom is -0.384 e. The Balaban J connectivity index is 1.64. The molecule has 0 aromatic carbocycles. The van der Waals surface area contributed by atoms with Crippen LogP contribution >= 0.6 is 0 Å². The molecule has 2 fully saturated rings. The average molecular weight is 280 g/mol. The SMILES string of the molecule is CC=CCOC1CCC(C2CCC(COC)CC2)CC1.